The minimum Gasteiger partial charge on any atom is -0.378 e. The number of benzene rings is 1. The molecule has 4 aromatic rings. The Bertz CT molecular complexity index is 1680. The van der Waals surface area contributed by atoms with E-state index in [0.29, 0.717) is 48.5 Å². The first-order chi connectivity index (χ1) is 19.0. The van der Waals surface area contributed by atoms with E-state index in [9.17, 15) is 26.4 Å². The molecule has 14 heteroatoms. The summed E-state index contributed by atoms with van der Waals surface area (Å²) in [6.45, 7) is 5.60. The maximum Gasteiger partial charge on any atom is 0.416 e. The van der Waals surface area contributed by atoms with Crippen molar-refractivity contribution in [3.63, 3.8) is 0 Å². The Labute approximate surface area is 227 Å². The van der Waals surface area contributed by atoms with Crippen molar-refractivity contribution in [2.75, 3.05) is 37.0 Å². The van der Waals surface area contributed by atoms with Crippen LogP contribution in [0.1, 0.15) is 28.7 Å². The first kappa shape index (κ1) is 27.5. The van der Waals surface area contributed by atoms with Crippen LogP contribution in [0, 0.1) is 6.92 Å². The minimum absolute atomic E-state index is 0.0749. The highest BCUT2D eigenvalue weighted by Crippen LogP contribution is 2.34. The van der Waals surface area contributed by atoms with Gasteiger partial charge in [-0.25, -0.2) is 27.8 Å². The van der Waals surface area contributed by atoms with Crippen LogP contribution in [0.3, 0.4) is 0 Å². The van der Waals surface area contributed by atoms with E-state index in [4.69, 9.17) is 4.74 Å². The molecule has 1 aromatic carbocycles. The molecule has 0 atom stereocenters. The van der Waals surface area contributed by atoms with Crippen LogP contribution in [0.5, 0.6) is 0 Å². The van der Waals surface area contributed by atoms with Crippen LogP contribution in [0.2, 0.25) is 0 Å². The molecule has 1 aliphatic rings. The van der Waals surface area contributed by atoms with Gasteiger partial charge < -0.3 is 9.64 Å². The lowest BCUT2D eigenvalue weighted by Crippen LogP contribution is -2.36. The number of nitrogens with one attached hydrogen (secondary N) is 1. The van der Waals surface area contributed by atoms with E-state index in [1.807, 2.05) is 10.8 Å². The predicted octanol–water partition coefficient (Wildman–Crippen LogP) is 3.73. The van der Waals surface area contributed by atoms with Gasteiger partial charge in [0.2, 0.25) is 10.0 Å². The molecule has 3 aromatic heterocycles. The summed E-state index contributed by atoms with van der Waals surface area (Å²) in [5.74, 6) is -0.569. The van der Waals surface area contributed by atoms with Crippen LogP contribution in [0.25, 0.3) is 27.8 Å². The number of alkyl halides is 3. The second-order valence-electron chi connectivity index (χ2n) is 9.14. The predicted molar refractivity (Wildman–Crippen MR) is 142 cm³/mol. The number of hydrogen-bond acceptors (Lipinski definition) is 8. The van der Waals surface area contributed by atoms with Gasteiger partial charge in [-0.15, -0.1) is 0 Å². The number of anilines is 1. The van der Waals surface area contributed by atoms with Crippen molar-refractivity contribution in [1.29, 1.82) is 0 Å². The Hall–Kier alpha value is -4.04. The fraction of sp³-hybridized carbons (Fsp3) is 0.308. The third-order valence-corrected chi connectivity index (χ3v) is 7.74. The molecule has 0 bridgehead atoms. The molecule has 0 spiro atoms. The van der Waals surface area contributed by atoms with Crippen LogP contribution >= 0.6 is 0 Å². The number of halogens is 3. The Morgan fingerprint density at radius 3 is 2.52 bits per heavy atom. The summed E-state index contributed by atoms with van der Waals surface area (Å²) < 4.78 is 73.1. The average molecular weight is 575 g/mol. The molecule has 0 aliphatic carbocycles. The smallest absolute Gasteiger partial charge is 0.378 e. The van der Waals surface area contributed by atoms with Gasteiger partial charge in [0.05, 0.1) is 41.3 Å². The van der Waals surface area contributed by atoms with E-state index in [1.54, 1.807) is 19.2 Å². The van der Waals surface area contributed by atoms with E-state index in [1.165, 1.54) is 29.8 Å². The molecule has 10 nitrogen and oxygen atoms in total. The van der Waals surface area contributed by atoms with Gasteiger partial charge in [0.1, 0.15) is 11.5 Å². The maximum atomic E-state index is 13.4. The number of nitrogens with zero attached hydrogens (tertiary/aromatic N) is 5. The van der Waals surface area contributed by atoms with Crippen molar-refractivity contribution in [2.24, 2.45) is 0 Å². The third kappa shape index (κ3) is 5.49. The summed E-state index contributed by atoms with van der Waals surface area (Å²) in [6.07, 6.45) is -2.97. The maximum absolute atomic E-state index is 13.4. The average Bonchev–Trinajstić information content (AvgIpc) is 3.29. The number of carbonyl (C=O) groups is 1. The topological polar surface area (TPSA) is 119 Å². The molecule has 4 heterocycles. The molecular formula is C26H25F3N6O4S. The minimum atomic E-state index is -4.58. The Kier molecular flexibility index (Phi) is 7.23. The molecule has 1 aliphatic heterocycles. The molecule has 0 radical (unpaired) electrons. The molecule has 210 valence electrons. The Morgan fingerprint density at radius 1 is 1.12 bits per heavy atom. The number of pyridine rings is 2. The zero-order valence-corrected chi connectivity index (χ0v) is 22.4. The Morgan fingerprint density at radius 2 is 1.88 bits per heavy atom. The zero-order valence-electron chi connectivity index (χ0n) is 21.6. The van der Waals surface area contributed by atoms with Crippen molar-refractivity contribution in [2.45, 2.75) is 20.0 Å². The van der Waals surface area contributed by atoms with Crippen molar-refractivity contribution in [3.8, 4) is 16.8 Å². The van der Waals surface area contributed by atoms with Gasteiger partial charge in [-0.2, -0.15) is 18.3 Å². The molecule has 1 N–H and O–H groups in total. The van der Waals surface area contributed by atoms with Crippen molar-refractivity contribution >= 4 is 32.8 Å². The summed E-state index contributed by atoms with van der Waals surface area (Å²) in [7, 11) is -3.91. The number of carbonyl (C=O) groups excluding carboxylic acids is 1. The number of aromatic nitrogens is 4. The summed E-state index contributed by atoms with van der Waals surface area (Å²) in [5, 5.41) is 4.93. The van der Waals surface area contributed by atoms with Gasteiger partial charge in [0.15, 0.2) is 5.65 Å². The van der Waals surface area contributed by atoms with Gasteiger partial charge in [-0.05, 0) is 55.8 Å². The van der Waals surface area contributed by atoms with E-state index >= 15 is 0 Å². The van der Waals surface area contributed by atoms with E-state index < -0.39 is 27.7 Å². The van der Waals surface area contributed by atoms with Gasteiger partial charge >= 0.3 is 6.18 Å². The molecule has 0 unspecified atom stereocenters. The number of aryl methyl sites for hydroxylation is 1. The van der Waals surface area contributed by atoms with E-state index in [2.05, 4.69) is 20.0 Å². The molecule has 5 rings (SSSR count). The summed E-state index contributed by atoms with van der Waals surface area (Å²) in [5.41, 5.74) is 0.545. The van der Waals surface area contributed by atoms with E-state index in [-0.39, 0.29) is 22.8 Å². The molecule has 40 heavy (non-hydrogen) atoms. The lowest BCUT2D eigenvalue weighted by atomic mass is 10.0. The number of morpholine rings is 1. The highest BCUT2D eigenvalue weighted by Gasteiger charge is 2.31. The number of amides is 1. The van der Waals surface area contributed by atoms with Gasteiger partial charge in [0, 0.05) is 24.8 Å². The second kappa shape index (κ2) is 10.5. The fourth-order valence-corrected chi connectivity index (χ4v) is 4.95. The quantitative estimate of drug-likeness (QED) is 0.370. The van der Waals surface area contributed by atoms with Crippen LogP contribution < -0.4 is 9.62 Å². The third-order valence-electron chi connectivity index (χ3n) is 6.49. The van der Waals surface area contributed by atoms with Gasteiger partial charge in [-0.3, -0.25) is 4.79 Å². The number of sulfonamides is 1. The van der Waals surface area contributed by atoms with Crippen molar-refractivity contribution in [1.82, 2.24) is 24.5 Å². The molecule has 1 amide bonds. The Balaban J connectivity index is 1.68. The second-order valence-corrected chi connectivity index (χ2v) is 11.1. The number of ether oxygens (including phenoxy) is 1. The van der Waals surface area contributed by atoms with Gasteiger partial charge in [0.25, 0.3) is 5.91 Å². The van der Waals surface area contributed by atoms with Crippen LogP contribution in [-0.4, -0.2) is 66.1 Å². The number of fused-ring (bicyclic) bond motifs is 1. The van der Waals surface area contributed by atoms with Crippen LogP contribution in [0.15, 0.2) is 48.7 Å². The lowest BCUT2D eigenvalue weighted by molar-refractivity contribution is -0.137. The normalized spacial score (nSPS) is 14.5. The first-order valence-corrected chi connectivity index (χ1v) is 14.0. The highest BCUT2D eigenvalue weighted by molar-refractivity contribution is 7.90. The zero-order chi connectivity index (χ0) is 28.7. The monoisotopic (exact) mass is 574 g/mol. The standard InChI is InChI=1S/C26H25F3N6O4S/c1-3-40(37,38)33-25(36)21-14-20(17-7-8-22(30-15-17)34-9-11-39-12-10-34)23-16(2)32-35(24(23)31-21)19-6-4-5-18(13-19)26(27,28)29/h4-8,13-15H,3,9-12H2,1-2H3,(H,33,36). The molecule has 1 saturated heterocycles. The highest BCUT2D eigenvalue weighted by atomic mass is 32.2. The summed E-state index contributed by atoms with van der Waals surface area (Å²) >= 11 is 0. The summed E-state index contributed by atoms with van der Waals surface area (Å²) in [6, 6.07) is 9.62. The first-order valence-electron chi connectivity index (χ1n) is 12.4. The van der Waals surface area contributed by atoms with Gasteiger partial charge in [-0.1, -0.05) is 6.07 Å². The number of hydrogen-bond donors (Lipinski definition) is 1. The SMILES string of the molecule is CCS(=O)(=O)NC(=O)c1cc(-c2ccc(N3CCOCC3)nc2)c2c(C)nn(-c3cccc(C(F)(F)F)c3)c2n1. The van der Waals surface area contributed by atoms with Crippen LogP contribution in [0.4, 0.5) is 19.0 Å². The molecule has 0 saturated carbocycles. The van der Waals surface area contributed by atoms with Crippen molar-refractivity contribution < 1.29 is 31.1 Å². The van der Waals surface area contributed by atoms with Crippen molar-refractivity contribution in [3.05, 3.63) is 65.6 Å². The lowest BCUT2D eigenvalue weighted by Gasteiger charge is -2.27. The fourth-order valence-electron chi connectivity index (χ4n) is 4.42. The van der Waals surface area contributed by atoms with E-state index in [0.717, 1.165) is 18.0 Å². The summed E-state index contributed by atoms with van der Waals surface area (Å²) in [4.78, 5) is 24.0. The molecule has 1 fully saturated rings. The number of rotatable bonds is 6. The molecular weight excluding hydrogens is 549 g/mol. The van der Waals surface area contributed by atoms with Crippen LogP contribution in [-0.2, 0) is 20.9 Å². The largest absolute Gasteiger partial charge is 0.416 e.